The summed E-state index contributed by atoms with van der Waals surface area (Å²) in [5, 5.41) is 3.14. The van der Waals surface area contributed by atoms with Crippen molar-refractivity contribution >= 4 is 5.91 Å². The van der Waals surface area contributed by atoms with Gasteiger partial charge in [-0.15, -0.1) is 0 Å². The Bertz CT molecular complexity index is 758. The Balaban J connectivity index is 1.60. The monoisotopic (exact) mass is 364 g/mol. The van der Waals surface area contributed by atoms with Crippen LogP contribution >= 0.6 is 0 Å². The smallest absolute Gasteiger partial charge is 0.251 e. The van der Waals surface area contributed by atoms with Crippen LogP contribution in [0, 0.1) is 13.8 Å². The number of rotatable bonds is 5. The first-order valence-corrected chi connectivity index (χ1v) is 10.2. The van der Waals surface area contributed by atoms with E-state index in [4.69, 9.17) is 0 Å². The maximum absolute atomic E-state index is 12.6. The molecule has 1 heterocycles. The number of hydrogen-bond acceptors (Lipinski definition) is 2. The van der Waals surface area contributed by atoms with Crippen LogP contribution in [0.4, 0.5) is 0 Å². The van der Waals surface area contributed by atoms with E-state index in [1.165, 1.54) is 61.0 Å². The summed E-state index contributed by atoms with van der Waals surface area (Å²) in [5.41, 5.74) is 5.62. The molecule has 3 nitrogen and oxygen atoms in total. The molecule has 1 N–H and O–H groups in total. The zero-order valence-corrected chi connectivity index (χ0v) is 16.9. The van der Waals surface area contributed by atoms with Gasteiger partial charge in [0.05, 0.1) is 6.04 Å². The van der Waals surface area contributed by atoms with Crippen LogP contribution in [0.1, 0.15) is 71.3 Å². The molecule has 1 atom stereocenters. The van der Waals surface area contributed by atoms with E-state index in [-0.39, 0.29) is 11.9 Å². The molecule has 1 fully saturated rings. The topological polar surface area (TPSA) is 32.3 Å². The normalized spacial score (nSPS) is 16.6. The van der Waals surface area contributed by atoms with E-state index in [9.17, 15) is 4.79 Å². The molecule has 144 valence electrons. The van der Waals surface area contributed by atoms with Crippen molar-refractivity contribution in [3.8, 4) is 0 Å². The van der Waals surface area contributed by atoms with Gasteiger partial charge in [0.15, 0.2) is 0 Å². The Hall–Kier alpha value is -2.13. The van der Waals surface area contributed by atoms with E-state index < -0.39 is 0 Å². The molecule has 1 aliphatic rings. The highest BCUT2D eigenvalue weighted by molar-refractivity contribution is 5.94. The van der Waals surface area contributed by atoms with Gasteiger partial charge in [0.2, 0.25) is 0 Å². The molecule has 3 rings (SSSR count). The molecule has 2 aromatic carbocycles. The number of aryl methyl sites for hydroxylation is 2. The van der Waals surface area contributed by atoms with Crippen molar-refractivity contribution in [2.75, 3.05) is 13.1 Å². The van der Waals surface area contributed by atoms with Crippen LogP contribution in [0.2, 0.25) is 0 Å². The molecule has 0 aliphatic carbocycles. The predicted molar refractivity (Wildman–Crippen MR) is 112 cm³/mol. The van der Waals surface area contributed by atoms with Crippen molar-refractivity contribution in [3.63, 3.8) is 0 Å². The summed E-state index contributed by atoms with van der Waals surface area (Å²) in [7, 11) is 0. The maximum atomic E-state index is 12.6. The number of carbonyl (C=O) groups excluding carboxylic acids is 1. The Morgan fingerprint density at radius 2 is 1.67 bits per heavy atom. The van der Waals surface area contributed by atoms with E-state index >= 15 is 0 Å². The second-order valence-corrected chi connectivity index (χ2v) is 7.94. The first kappa shape index (κ1) is 19.6. The Morgan fingerprint density at radius 3 is 2.33 bits per heavy atom. The summed E-state index contributed by atoms with van der Waals surface area (Å²) in [4.78, 5) is 15.2. The predicted octanol–water partition coefficient (Wildman–Crippen LogP) is 5.17. The zero-order valence-electron chi connectivity index (χ0n) is 16.9. The summed E-state index contributed by atoms with van der Waals surface area (Å²) in [5.74, 6) is -0.00951. The van der Waals surface area contributed by atoms with Crippen LogP contribution in [0.25, 0.3) is 0 Å². The summed E-state index contributed by atoms with van der Waals surface area (Å²) in [6.07, 6.45) is 5.32. The Kier molecular flexibility index (Phi) is 6.68. The third kappa shape index (κ3) is 5.43. The van der Waals surface area contributed by atoms with E-state index in [0.29, 0.717) is 0 Å². The molecule has 1 aliphatic heterocycles. The first-order chi connectivity index (χ1) is 13.0. The molecule has 3 heteroatoms. The minimum Gasteiger partial charge on any atom is -0.346 e. The van der Waals surface area contributed by atoms with Crippen molar-refractivity contribution in [3.05, 3.63) is 70.3 Å². The van der Waals surface area contributed by atoms with E-state index in [1.54, 1.807) is 0 Å². The standard InChI is InChI=1S/C24H32N2O/c1-18-8-9-19(2)23(16-18)20(3)25-24(27)22-12-10-21(11-13-22)17-26-14-6-4-5-7-15-26/h8-13,16,20H,4-7,14-15,17H2,1-3H3,(H,25,27). The highest BCUT2D eigenvalue weighted by atomic mass is 16.1. The second-order valence-electron chi connectivity index (χ2n) is 7.94. The van der Waals surface area contributed by atoms with Crippen molar-refractivity contribution in [2.24, 2.45) is 0 Å². The molecule has 0 bridgehead atoms. The van der Waals surface area contributed by atoms with Crippen LogP contribution in [0.5, 0.6) is 0 Å². The third-order valence-electron chi connectivity index (χ3n) is 5.57. The largest absolute Gasteiger partial charge is 0.346 e. The number of nitrogens with zero attached hydrogens (tertiary/aromatic N) is 1. The molecule has 1 saturated heterocycles. The van der Waals surface area contributed by atoms with Gasteiger partial charge in [0, 0.05) is 12.1 Å². The van der Waals surface area contributed by atoms with E-state index in [1.807, 2.05) is 19.1 Å². The third-order valence-corrected chi connectivity index (χ3v) is 5.57. The van der Waals surface area contributed by atoms with Gasteiger partial charge in [-0.2, -0.15) is 0 Å². The molecule has 1 unspecified atom stereocenters. The minimum atomic E-state index is -0.00951. The fourth-order valence-corrected chi connectivity index (χ4v) is 3.90. The fourth-order valence-electron chi connectivity index (χ4n) is 3.90. The minimum absolute atomic E-state index is 0.00539. The molecule has 0 aromatic heterocycles. The van der Waals surface area contributed by atoms with Crippen LogP contribution in [0.3, 0.4) is 0 Å². The average molecular weight is 365 g/mol. The Morgan fingerprint density at radius 1 is 1.00 bits per heavy atom. The lowest BCUT2D eigenvalue weighted by molar-refractivity contribution is 0.0940. The molecule has 1 amide bonds. The van der Waals surface area contributed by atoms with Gasteiger partial charge >= 0.3 is 0 Å². The summed E-state index contributed by atoms with van der Waals surface area (Å²) in [6, 6.07) is 14.5. The quantitative estimate of drug-likeness (QED) is 0.794. The van der Waals surface area contributed by atoms with Crippen molar-refractivity contribution < 1.29 is 4.79 Å². The van der Waals surface area contributed by atoms with Crippen molar-refractivity contribution in [2.45, 2.75) is 59.0 Å². The van der Waals surface area contributed by atoms with Gasteiger partial charge in [-0.25, -0.2) is 0 Å². The van der Waals surface area contributed by atoms with Crippen molar-refractivity contribution in [1.29, 1.82) is 0 Å². The lowest BCUT2D eigenvalue weighted by Gasteiger charge is -2.20. The Labute approximate surface area is 163 Å². The van der Waals surface area contributed by atoms with Gasteiger partial charge in [-0.3, -0.25) is 9.69 Å². The van der Waals surface area contributed by atoms with Crippen molar-refractivity contribution in [1.82, 2.24) is 10.2 Å². The molecule has 0 saturated carbocycles. The van der Waals surface area contributed by atoms with Crippen LogP contribution in [-0.2, 0) is 6.54 Å². The SMILES string of the molecule is Cc1ccc(C)c(C(C)NC(=O)c2ccc(CN3CCCCCC3)cc2)c1. The lowest BCUT2D eigenvalue weighted by Crippen LogP contribution is -2.27. The number of benzene rings is 2. The molecule has 27 heavy (non-hydrogen) atoms. The van der Waals surface area contributed by atoms with E-state index in [0.717, 1.165) is 12.1 Å². The summed E-state index contributed by atoms with van der Waals surface area (Å²) in [6.45, 7) is 9.59. The second kappa shape index (κ2) is 9.18. The van der Waals surface area contributed by atoms with Gasteiger partial charge < -0.3 is 5.32 Å². The lowest BCUT2D eigenvalue weighted by atomic mass is 9.99. The number of amides is 1. The molecule has 0 spiro atoms. The van der Waals surface area contributed by atoms with Gasteiger partial charge in [-0.05, 0) is 75.5 Å². The number of likely N-dealkylation sites (tertiary alicyclic amines) is 1. The van der Waals surface area contributed by atoms with Crippen LogP contribution < -0.4 is 5.32 Å². The number of nitrogens with one attached hydrogen (secondary N) is 1. The van der Waals surface area contributed by atoms with Gasteiger partial charge in [-0.1, -0.05) is 48.7 Å². The average Bonchev–Trinajstić information content (AvgIpc) is 2.93. The molecule has 0 radical (unpaired) electrons. The van der Waals surface area contributed by atoms with Gasteiger partial charge in [0.1, 0.15) is 0 Å². The van der Waals surface area contributed by atoms with Crippen LogP contribution in [0.15, 0.2) is 42.5 Å². The number of carbonyl (C=O) groups is 1. The highest BCUT2D eigenvalue weighted by Gasteiger charge is 2.14. The zero-order chi connectivity index (χ0) is 19.2. The molecular weight excluding hydrogens is 332 g/mol. The molecule has 2 aromatic rings. The highest BCUT2D eigenvalue weighted by Crippen LogP contribution is 2.20. The van der Waals surface area contributed by atoms with Gasteiger partial charge in [0.25, 0.3) is 5.91 Å². The fraction of sp³-hybridized carbons (Fsp3) is 0.458. The first-order valence-electron chi connectivity index (χ1n) is 10.2. The summed E-state index contributed by atoms with van der Waals surface area (Å²) >= 11 is 0. The van der Waals surface area contributed by atoms with E-state index in [2.05, 4.69) is 54.4 Å². The molecular formula is C24H32N2O. The van der Waals surface area contributed by atoms with Crippen LogP contribution in [-0.4, -0.2) is 23.9 Å². The maximum Gasteiger partial charge on any atom is 0.251 e. The summed E-state index contributed by atoms with van der Waals surface area (Å²) < 4.78 is 0. The number of hydrogen-bond donors (Lipinski definition) is 1.